The summed E-state index contributed by atoms with van der Waals surface area (Å²) in [6.45, 7) is 0.515. The van der Waals surface area contributed by atoms with Crippen LogP contribution in [-0.4, -0.2) is 19.1 Å². The van der Waals surface area contributed by atoms with Gasteiger partial charge in [-0.15, -0.1) is 0 Å². The predicted octanol–water partition coefficient (Wildman–Crippen LogP) is 2.90. The lowest BCUT2D eigenvalue weighted by atomic mass is 9.91. The van der Waals surface area contributed by atoms with Gasteiger partial charge >= 0.3 is 7.48 Å². The van der Waals surface area contributed by atoms with Crippen LogP contribution in [0.1, 0.15) is 12.8 Å². The molecule has 0 aromatic heterocycles. The lowest BCUT2D eigenvalue weighted by molar-refractivity contribution is 0.442. The van der Waals surface area contributed by atoms with Crippen LogP contribution in [-0.2, 0) is 0 Å². The van der Waals surface area contributed by atoms with Gasteiger partial charge in [0, 0.05) is 11.5 Å². The molecule has 1 rings (SSSR count). The van der Waals surface area contributed by atoms with Crippen molar-refractivity contribution in [1.29, 1.82) is 0 Å². The molecule has 0 aliphatic heterocycles. The van der Waals surface area contributed by atoms with Gasteiger partial charge in [-0.25, -0.2) is 0 Å². The average Bonchev–Trinajstić information content (AvgIpc) is 2.30. The van der Waals surface area contributed by atoms with E-state index in [0.29, 0.717) is 12.3 Å². The van der Waals surface area contributed by atoms with E-state index in [0.717, 1.165) is 19.2 Å². The van der Waals surface area contributed by atoms with Crippen molar-refractivity contribution in [1.82, 2.24) is 0 Å². The number of aromatic hydroxyl groups is 1. The molecular weight excluding hydrogens is 205 g/mol. The zero-order chi connectivity index (χ0) is 11.6. The number of azide groups is 1. The van der Waals surface area contributed by atoms with Gasteiger partial charge in [-0.3, -0.25) is 0 Å². The maximum Gasteiger partial charge on any atom is 0.370 e. The normalized spacial score (nSPS) is 9.25. The molecule has 0 saturated heterocycles. The zero-order valence-electron chi connectivity index (χ0n) is 8.91. The fraction of sp³-hybridized carbons (Fsp3) is 0.400. The lowest BCUT2D eigenvalue weighted by Gasteiger charge is -2.05. The van der Waals surface area contributed by atoms with Crippen molar-refractivity contribution >= 4 is 7.48 Å². The number of benzene rings is 1. The van der Waals surface area contributed by atoms with Crippen molar-refractivity contribution in [2.75, 3.05) is 6.54 Å². The Morgan fingerprint density at radius 3 is 2.94 bits per heavy atom. The lowest BCUT2D eigenvalue weighted by Crippen LogP contribution is -2.01. The van der Waals surface area contributed by atoms with E-state index in [-0.39, 0.29) is 5.75 Å². The topological polar surface area (TPSA) is 78.2 Å². The number of para-hydroxylation sites is 2. The molecule has 0 atom stereocenters. The SMILES string of the molecule is [N-]=[N+]=NCCCC[B]Oc1ccccc1O. The monoisotopic (exact) mass is 218 g/mol. The van der Waals surface area contributed by atoms with Crippen LogP contribution in [0.3, 0.4) is 0 Å². The molecule has 6 heteroatoms. The average molecular weight is 218 g/mol. The Morgan fingerprint density at radius 2 is 2.19 bits per heavy atom. The van der Waals surface area contributed by atoms with Crippen LogP contribution >= 0.6 is 0 Å². The Balaban J connectivity index is 2.12. The minimum Gasteiger partial charge on any atom is -0.561 e. The zero-order valence-corrected chi connectivity index (χ0v) is 8.91. The standard InChI is InChI=1S/C10H13BN3O2/c12-14-13-8-4-3-7-11-16-10-6-2-1-5-9(10)15/h1-2,5-6,15H,3-4,7-8H2. The van der Waals surface area contributed by atoms with Crippen LogP contribution < -0.4 is 4.65 Å². The first-order valence-corrected chi connectivity index (χ1v) is 5.12. The van der Waals surface area contributed by atoms with Crippen molar-refractivity contribution in [3.05, 3.63) is 34.7 Å². The van der Waals surface area contributed by atoms with Gasteiger partial charge in [0.15, 0.2) is 5.75 Å². The van der Waals surface area contributed by atoms with E-state index < -0.39 is 0 Å². The van der Waals surface area contributed by atoms with E-state index in [4.69, 9.17) is 10.2 Å². The molecule has 5 nitrogen and oxygen atoms in total. The third kappa shape index (κ3) is 4.62. The number of nitrogens with zero attached hydrogens (tertiary/aromatic N) is 3. The Hall–Kier alpha value is -1.81. The van der Waals surface area contributed by atoms with Crippen molar-refractivity contribution in [3.63, 3.8) is 0 Å². The minimum absolute atomic E-state index is 0.132. The highest BCUT2D eigenvalue weighted by atomic mass is 16.4. The molecule has 1 aromatic carbocycles. The highest BCUT2D eigenvalue weighted by Gasteiger charge is 2.01. The van der Waals surface area contributed by atoms with Crippen molar-refractivity contribution < 1.29 is 9.76 Å². The largest absolute Gasteiger partial charge is 0.561 e. The fourth-order valence-electron chi connectivity index (χ4n) is 1.16. The van der Waals surface area contributed by atoms with Gasteiger partial charge in [-0.1, -0.05) is 23.7 Å². The summed E-state index contributed by atoms with van der Waals surface area (Å²) in [7, 11) is 1.64. The molecule has 0 saturated carbocycles. The fourth-order valence-corrected chi connectivity index (χ4v) is 1.16. The van der Waals surface area contributed by atoms with Crippen LogP contribution in [0.2, 0.25) is 6.32 Å². The molecule has 0 bridgehead atoms. The Morgan fingerprint density at radius 1 is 1.38 bits per heavy atom. The molecule has 0 aliphatic carbocycles. The number of hydrogen-bond acceptors (Lipinski definition) is 3. The summed E-state index contributed by atoms with van der Waals surface area (Å²) in [5.41, 5.74) is 8.05. The first-order valence-electron chi connectivity index (χ1n) is 5.12. The summed E-state index contributed by atoms with van der Waals surface area (Å²) in [5.74, 6) is 0.588. The van der Waals surface area contributed by atoms with Crippen molar-refractivity contribution in [3.8, 4) is 11.5 Å². The highest BCUT2D eigenvalue weighted by molar-refractivity contribution is 6.28. The molecule has 1 N–H and O–H groups in total. The van der Waals surface area contributed by atoms with Gasteiger partial charge in [0.2, 0.25) is 0 Å². The number of rotatable bonds is 7. The van der Waals surface area contributed by atoms with Crippen LogP contribution in [0.15, 0.2) is 29.4 Å². The van der Waals surface area contributed by atoms with Gasteiger partial charge in [-0.05, 0) is 30.4 Å². The molecule has 0 fully saturated rings. The molecular formula is C10H13BN3O2. The second-order valence-electron chi connectivity index (χ2n) is 3.20. The van der Waals surface area contributed by atoms with E-state index in [2.05, 4.69) is 10.0 Å². The van der Waals surface area contributed by atoms with Crippen LogP contribution in [0.4, 0.5) is 0 Å². The molecule has 0 aliphatic rings. The number of phenols is 1. The summed E-state index contributed by atoms with van der Waals surface area (Å²) in [5, 5.41) is 12.8. The van der Waals surface area contributed by atoms with Crippen LogP contribution in [0.25, 0.3) is 10.4 Å². The summed E-state index contributed by atoms with van der Waals surface area (Å²) in [4.78, 5) is 2.66. The molecule has 0 amide bonds. The second-order valence-corrected chi connectivity index (χ2v) is 3.20. The molecule has 1 aromatic rings. The van der Waals surface area contributed by atoms with Gasteiger partial charge in [0.25, 0.3) is 0 Å². The van der Waals surface area contributed by atoms with Gasteiger partial charge in [-0.2, -0.15) is 0 Å². The molecule has 83 valence electrons. The van der Waals surface area contributed by atoms with E-state index in [1.54, 1.807) is 31.7 Å². The summed E-state index contributed by atoms with van der Waals surface area (Å²) in [6.07, 6.45) is 2.49. The summed E-state index contributed by atoms with van der Waals surface area (Å²) in [6, 6.07) is 6.81. The molecule has 16 heavy (non-hydrogen) atoms. The second kappa shape index (κ2) is 7.48. The summed E-state index contributed by atoms with van der Waals surface area (Å²) < 4.78 is 5.26. The predicted molar refractivity (Wildman–Crippen MR) is 62.5 cm³/mol. The molecule has 0 unspecified atom stereocenters. The third-order valence-electron chi connectivity index (χ3n) is 1.97. The quantitative estimate of drug-likeness (QED) is 0.251. The first kappa shape index (κ1) is 12.3. The third-order valence-corrected chi connectivity index (χ3v) is 1.97. The van der Waals surface area contributed by atoms with Crippen LogP contribution in [0.5, 0.6) is 11.5 Å². The van der Waals surface area contributed by atoms with Crippen LogP contribution in [0, 0.1) is 0 Å². The number of phenolic OH excluding ortho intramolecular Hbond substituents is 1. The number of hydrogen-bond donors (Lipinski definition) is 1. The van der Waals surface area contributed by atoms with E-state index >= 15 is 0 Å². The Bertz CT molecular complexity index is 367. The van der Waals surface area contributed by atoms with Gasteiger partial charge in [0.05, 0.1) is 0 Å². The van der Waals surface area contributed by atoms with E-state index in [1.807, 2.05) is 0 Å². The van der Waals surface area contributed by atoms with Crippen molar-refractivity contribution in [2.24, 2.45) is 5.11 Å². The van der Waals surface area contributed by atoms with Gasteiger partial charge in [0.1, 0.15) is 5.75 Å². The maximum atomic E-state index is 9.38. The Labute approximate surface area is 95.0 Å². The smallest absolute Gasteiger partial charge is 0.370 e. The molecule has 1 radical (unpaired) electrons. The minimum atomic E-state index is 0.132. The molecule has 0 heterocycles. The highest BCUT2D eigenvalue weighted by Crippen LogP contribution is 2.24. The van der Waals surface area contributed by atoms with Gasteiger partial charge < -0.3 is 9.76 Å². The van der Waals surface area contributed by atoms with Crippen molar-refractivity contribution in [2.45, 2.75) is 19.2 Å². The number of unbranched alkanes of at least 4 members (excludes halogenated alkanes) is 1. The molecule has 0 spiro atoms. The maximum absolute atomic E-state index is 9.38. The Kier molecular flexibility index (Phi) is 5.74. The first-order chi connectivity index (χ1) is 7.84. The van der Waals surface area contributed by atoms with E-state index in [1.165, 1.54) is 0 Å². The van der Waals surface area contributed by atoms with E-state index in [9.17, 15) is 5.11 Å². The summed E-state index contributed by atoms with van der Waals surface area (Å²) >= 11 is 0.